The number of rotatable bonds is 6. The van der Waals surface area contributed by atoms with Gasteiger partial charge in [0.15, 0.2) is 6.23 Å². The Kier molecular flexibility index (Phi) is 5.05. The van der Waals surface area contributed by atoms with Gasteiger partial charge in [-0.1, -0.05) is 0 Å². The Hall–Kier alpha value is -1.77. The first-order valence-electron chi connectivity index (χ1n) is 6.57. The van der Waals surface area contributed by atoms with Gasteiger partial charge in [-0.05, 0) is 6.07 Å². The molecule has 8 heteroatoms. The highest BCUT2D eigenvalue weighted by Gasteiger charge is 2.46. The molecule has 0 saturated carbocycles. The molecular formula is C13H19N3O5. The number of aromatic nitrogens is 2. The van der Waals surface area contributed by atoms with Gasteiger partial charge in [0.25, 0.3) is 0 Å². The normalized spacial score (nSPS) is 28.5. The van der Waals surface area contributed by atoms with Gasteiger partial charge in [-0.3, -0.25) is 4.57 Å². The maximum Gasteiger partial charge on any atom is 0.351 e. The number of nitrogens with one attached hydrogen (secondary N) is 1. The number of carbonyl (C=O) groups is 1. The van der Waals surface area contributed by atoms with E-state index in [0.717, 1.165) is 6.29 Å². The number of carbonyl (C=O) groups excluding carboxylic acids is 1. The van der Waals surface area contributed by atoms with Crippen LogP contribution < -0.4 is 11.0 Å². The number of nitrogens with zero attached hydrogens (tertiary/aromatic N) is 2. The van der Waals surface area contributed by atoms with Crippen LogP contribution in [-0.2, 0) is 19.0 Å². The largest absolute Gasteiger partial charge is 0.376 e. The zero-order valence-electron chi connectivity index (χ0n) is 12.2. The van der Waals surface area contributed by atoms with Crippen LogP contribution in [0, 0.1) is 0 Å². The first kappa shape index (κ1) is 15.6. The average Bonchev–Trinajstić information content (AvgIpc) is 2.84. The van der Waals surface area contributed by atoms with Crippen molar-refractivity contribution in [3.05, 3.63) is 22.7 Å². The van der Waals surface area contributed by atoms with E-state index >= 15 is 0 Å². The lowest BCUT2D eigenvalue weighted by Crippen LogP contribution is -2.38. The van der Waals surface area contributed by atoms with Crippen LogP contribution in [0.1, 0.15) is 12.6 Å². The molecule has 2 rings (SSSR count). The maximum atomic E-state index is 12.1. The molecule has 1 aromatic heterocycles. The van der Waals surface area contributed by atoms with Crippen molar-refractivity contribution in [1.29, 1.82) is 0 Å². The van der Waals surface area contributed by atoms with Crippen molar-refractivity contribution in [2.45, 2.75) is 31.0 Å². The van der Waals surface area contributed by atoms with Crippen LogP contribution in [0.2, 0.25) is 0 Å². The molecule has 0 spiro atoms. The van der Waals surface area contributed by atoms with E-state index in [1.54, 1.807) is 19.3 Å². The van der Waals surface area contributed by atoms with Crippen LogP contribution in [0.5, 0.6) is 0 Å². The van der Waals surface area contributed by atoms with Crippen molar-refractivity contribution in [3.8, 4) is 0 Å². The standard InChI is InChI=1S/C13H19N3O5/c1-14-9-4-6-16(13(18)15-9)12-11(20-3)10(19-2)8(21-12)5-7-17/h4,6-8,10-12H,5H2,1-3H3,(H,14,15,18)/t8-,10?,11-,12?/m1/s1. The molecule has 0 bridgehead atoms. The third-order valence-corrected chi connectivity index (χ3v) is 3.52. The number of hydrogen-bond acceptors (Lipinski definition) is 7. The van der Waals surface area contributed by atoms with Crippen molar-refractivity contribution >= 4 is 12.1 Å². The summed E-state index contributed by atoms with van der Waals surface area (Å²) in [6.07, 6.45) is 0.436. The molecule has 2 unspecified atom stereocenters. The molecule has 2 heterocycles. The lowest BCUT2D eigenvalue weighted by molar-refractivity contribution is -0.112. The van der Waals surface area contributed by atoms with Crippen molar-refractivity contribution in [3.63, 3.8) is 0 Å². The smallest absolute Gasteiger partial charge is 0.351 e. The monoisotopic (exact) mass is 297 g/mol. The van der Waals surface area contributed by atoms with Gasteiger partial charge in [0.1, 0.15) is 24.3 Å². The Morgan fingerprint density at radius 3 is 2.67 bits per heavy atom. The van der Waals surface area contributed by atoms with Gasteiger partial charge in [-0.15, -0.1) is 0 Å². The molecule has 1 aromatic rings. The molecular weight excluding hydrogens is 278 g/mol. The van der Waals surface area contributed by atoms with Crippen molar-refractivity contribution in [2.75, 3.05) is 26.6 Å². The summed E-state index contributed by atoms with van der Waals surface area (Å²) in [5.74, 6) is 0.468. The summed E-state index contributed by atoms with van der Waals surface area (Å²) in [4.78, 5) is 26.7. The minimum Gasteiger partial charge on any atom is -0.376 e. The third kappa shape index (κ3) is 2.97. The average molecular weight is 297 g/mol. The SMILES string of the molecule is CNc1ccn(C2O[C@H](CC=O)C(OC)[C@H]2OC)c(=O)n1. The van der Waals surface area contributed by atoms with E-state index in [1.165, 1.54) is 18.8 Å². The van der Waals surface area contributed by atoms with E-state index in [0.29, 0.717) is 5.82 Å². The highest BCUT2D eigenvalue weighted by Crippen LogP contribution is 2.33. The lowest BCUT2D eigenvalue weighted by atomic mass is 10.1. The maximum absolute atomic E-state index is 12.1. The van der Waals surface area contributed by atoms with Gasteiger partial charge in [0.05, 0.1) is 6.10 Å². The Morgan fingerprint density at radius 2 is 2.14 bits per heavy atom. The van der Waals surface area contributed by atoms with Crippen LogP contribution in [0.4, 0.5) is 5.82 Å². The summed E-state index contributed by atoms with van der Waals surface area (Å²) in [6.45, 7) is 0. The zero-order valence-corrected chi connectivity index (χ0v) is 12.2. The molecule has 0 aromatic carbocycles. The van der Waals surface area contributed by atoms with Crippen molar-refractivity contribution in [1.82, 2.24) is 9.55 Å². The summed E-state index contributed by atoms with van der Waals surface area (Å²) in [5.41, 5.74) is -0.462. The molecule has 0 amide bonds. The first-order valence-corrected chi connectivity index (χ1v) is 6.57. The minimum absolute atomic E-state index is 0.172. The van der Waals surface area contributed by atoms with E-state index in [-0.39, 0.29) is 6.42 Å². The summed E-state index contributed by atoms with van der Waals surface area (Å²) < 4.78 is 17.9. The second-order valence-electron chi connectivity index (χ2n) is 4.62. The fourth-order valence-corrected chi connectivity index (χ4v) is 2.50. The van der Waals surface area contributed by atoms with Crippen molar-refractivity contribution < 1.29 is 19.0 Å². The van der Waals surface area contributed by atoms with E-state index in [2.05, 4.69) is 10.3 Å². The van der Waals surface area contributed by atoms with Gasteiger partial charge >= 0.3 is 5.69 Å². The van der Waals surface area contributed by atoms with Gasteiger partial charge in [-0.25, -0.2) is 4.79 Å². The summed E-state index contributed by atoms with van der Waals surface area (Å²) in [5, 5.41) is 2.79. The number of hydrogen-bond donors (Lipinski definition) is 1. The lowest BCUT2D eigenvalue weighted by Gasteiger charge is -2.22. The zero-order chi connectivity index (χ0) is 15.4. The number of aldehydes is 1. The molecule has 1 aliphatic heterocycles. The molecule has 1 fully saturated rings. The topological polar surface area (TPSA) is 91.7 Å². The highest BCUT2D eigenvalue weighted by atomic mass is 16.6. The van der Waals surface area contributed by atoms with Crippen LogP contribution in [0.3, 0.4) is 0 Å². The van der Waals surface area contributed by atoms with E-state index in [4.69, 9.17) is 14.2 Å². The summed E-state index contributed by atoms with van der Waals surface area (Å²) in [7, 11) is 4.71. The molecule has 21 heavy (non-hydrogen) atoms. The van der Waals surface area contributed by atoms with E-state index < -0.39 is 30.2 Å². The van der Waals surface area contributed by atoms with Gasteiger partial charge in [-0.2, -0.15) is 4.98 Å². The number of ether oxygens (including phenoxy) is 3. The Labute approximate surface area is 122 Å². The molecule has 116 valence electrons. The Morgan fingerprint density at radius 1 is 1.43 bits per heavy atom. The fourth-order valence-electron chi connectivity index (χ4n) is 2.50. The van der Waals surface area contributed by atoms with Gasteiger partial charge in [0, 0.05) is 33.9 Å². The summed E-state index contributed by atoms with van der Waals surface area (Å²) in [6, 6.07) is 1.66. The van der Waals surface area contributed by atoms with Crippen LogP contribution in [-0.4, -0.2) is 55.4 Å². The minimum atomic E-state index is -0.684. The van der Waals surface area contributed by atoms with E-state index in [9.17, 15) is 9.59 Å². The first-order chi connectivity index (χ1) is 10.2. The van der Waals surface area contributed by atoms with Gasteiger partial charge < -0.3 is 24.3 Å². The molecule has 1 saturated heterocycles. The Balaban J connectivity index is 2.33. The second-order valence-corrected chi connectivity index (χ2v) is 4.62. The van der Waals surface area contributed by atoms with Crippen LogP contribution in [0.15, 0.2) is 17.1 Å². The predicted molar refractivity (Wildman–Crippen MR) is 74.2 cm³/mol. The fraction of sp³-hybridized carbons (Fsp3) is 0.615. The van der Waals surface area contributed by atoms with Crippen LogP contribution >= 0.6 is 0 Å². The molecule has 1 aliphatic rings. The Bertz CT molecular complexity index is 547. The van der Waals surface area contributed by atoms with Crippen LogP contribution in [0.25, 0.3) is 0 Å². The highest BCUT2D eigenvalue weighted by molar-refractivity contribution is 5.50. The molecule has 8 nitrogen and oxygen atoms in total. The molecule has 1 N–H and O–H groups in total. The summed E-state index contributed by atoms with van der Waals surface area (Å²) >= 11 is 0. The molecule has 0 aliphatic carbocycles. The second kappa shape index (κ2) is 6.79. The molecule has 4 atom stereocenters. The quantitative estimate of drug-likeness (QED) is 0.727. The number of anilines is 1. The van der Waals surface area contributed by atoms with Crippen molar-refractivity contribution in [2.24, 2.45) is 0 Å². The van der Waals surface area contributed by atoms with E-state index in [1.807, 2.05) is 0 Å². The number of methoxy groups -OCH3 is 2. The molecule has 0 radical (unpaired) electrons. The third-order valence-electron chi connectivity index (χ3n) is 3.52. The predicted octanol–water partition coefficient (Wildman–Crippen LogP) is -0.199. The van der Waals surface area contributed by atoms with Gasteiger partial charge in [0.2, 0.25) is 0 Å².